The third-order valence-corrected chi connectivity index (χ3v) is 4.98. The van der Waals surface area contributed by atoms with Crippen molar-refractivity contribution in [3.05, 3.63) is 12.3 Å². The molecule has 0 aromatic carbocycles. The SMILES string of the molecule is CCONC=CCCC1C(=O)CC2(C(=O)OC)CCCC2C1=O. The number of ketones is 2. The van der Waals surface area contributed by atoms with Crippen LogP contribution in [0, 0.1) is 17.3 Å². The maximum Gasteiger partial charge on any atom is 0.312 e. The first-order valence-corrected chi connectivity index (χ1v) is 8.24. The average molecular weight is 323 g/mol. The predicted molar refractivity (Wildman–Crippen MR) is 83.0 cm³/mol. The molecule has 23 heavy (non-hydrogen) atoms. The fourth-order valence-electron chi connectivity index (χ4n) is 3.88. The molecule has 0 aromatic rings. The van der Waals surface area contributed by atoms with Crippen LogP contribution in [0.2, 0.25) is 0 Å². The van der Waals surface area contributed by atoms with Gasteiger partial charge in [-0.25, -0.2) is 0 Å². The number of allylic oxidation sites excluding steroid dienone is 1. The maximum atomic E-state index is 12.7. The van der Waals surface area contributed by atoms with Gasteiger partial charge in [0.15, 0.2) is 0 Å². The van der Waals surface area contributed by atoms with Gasteiger partial charge < -0.3 is 4.74 Å². The molecule has 1 N–H and O–H groups in total. The van der Waals surface area contributed by atoms with Gasteiger partial charge in [0.05, 0.1) is 25.0 Å². The van der Waals surface area contributed by atoms with E-state index in [0.717, 1.165) is 6.42 Å². The standard InChI is InChI=1S/C17H25NO5/c1-3-23-18-10-5-4-7-12-14(19)11-17(16(21)22-2)9-6-8-13(17)15(12)20/h5,10,12-13,18H,3-4,6-9,11H2,1-2H3. The normalized spacial score (nSPS) is 30.5. The number of carbonyl (C=O) groups is 3. The number of fused-ring (bicyclic) bond motifs is 1. The van der Waals surface area contributed by atoms with Gasteiger partial charge in [-0.1, -0.05) is 12.5 Å². The van der Waals surface area contributed by atoms with Crippen molar-refractivity contribution in [3.8, 4) is 0 Å². The van der Waals surface area contributed by atoms with Crippen LogP contribution in [-0.4, -0.2) is 31.3 Å². The van der Waals surface area contributed by atoms with E-state index in [1.165, 1.54) is 7.11 Å². The highest BCUT2D eigenvalue weighted by Gasteiger charge is 2.59. The summed E-state index contributed by atoms with van der Waals surface area (Å²) < 4.78 is 4.89. The highest BCUT2D eigenvalue weighted by atomic mass is 16.6. The fourth-order valence-corrected chi connectivity index (χ4v) is 3.88. The van der Waals surface area contributed by atoms with E-state index in [2.05, 4.69) is 5.48 Å². The molecule has 0 radical (unpaired) electrons. The minimum absolute atomic E-state index is 0.0738. The van der Waals surface area contributed by atoms with Gasteiger partial charge in [0.25, 0.3) is 0 Å². The van der Waals surface area contributed by atoms with Crippen molar-refractivity contribution in [2.45, 2.75) is 45.4 Å². The summed E-state index contributed by atoms with van der Waals surface area (Å²) in [5.74, 6) is -1.54. The largest absolute Gasteiger partial charge is 0.469 e. The summed E-state index contributed by atoms with van der Waals surface area (Å²) in [4.78, 5) is 42.3. The molecule has 2 rings (SSSR count). The number of methoxy groups -OCH3 is 1. The summed E-state index contributed by atoms with van der Waals surface area (Å²) in [7, 11) is 1.32. The second-order valence-corrected chi connectivity index (χ2v) is 6.22. The van der Waals surface area contributed by atoms with Gasteiger partial charge in [0.1, 0.15) is 11.6 Å². The molecule has 0 saturated heterocycles. The number of nitrogens with one attached hydrogen (secondary N) is 1. The third-order valence-electron chi connectivity index (χ3n) is 4.98. The minimum atomic E-state index is -0.897. The van der Waals surface area contributed by atoms with E-state index < -0.39 is 17.3 Å². The van der Waals surface area contributed by atoms with E-state index in [4.69, 9.17) is 9.57 Å². The summed E-state index contributed by atoms with van der Waals surface area (Å²) in [5, 5.41) is 0. The zero-order valence-electron chi connectivity index (χ0n) is 13.8. The molecule has 3 atom stereocenters. The zero-order chi connectivity index (χ0) is 16.9. The fraction of sp³-hybridized carbons (Fsp3) is 0.706. The van der Waals surface area contributed by atoms with E-state index in [1.54, 1.807) is 6.20 Å². The Morgan fingerprint density at radius 1 is 1.43 bits per heavy atom. The number of esters is 1. The Kier molecular flexibility index (Phi) is 5.93. The number of rotatable bonds is 7. The van der Waals surface area contributed by atoms with Gasteiger partial charge in [-0.05, 0) is 32.6 Å². The van der Waals surface area contributed by atoms with Crippen LogP contribution in [0.1, 0.15) is 45.4 Å². The van der Waals surface area contributed by atoms with Gasteiger partial charge in [-0.15, -0.1) is 0 Å². The molecule has 2 aliphatic rings. The molecule has 0 spiro atoms. The predicted octanol–water partition coefficient (Wildman–Crippen LogP) is 1.94. The Morgan fingerprint density at radius 2 is 2.22 bits per heavy atom. The lowest BCUT2D eigenvalue weighted by Gasteiger charge is -2.38. The topological polar surface area (TPSA) is 81.7 Å². The lowest BCUT2D eigenvalue weighted by Crippen LogP contribution is -2.50. The molecule has 3 unspecified atom stereocenters. The van der Waals surface area contributed by atoms with E-state index in [1.807, 2.05) is 13.0 Å². The van der Waals surface area contributed by atoms with Crippen molar-refractivity contribution in [2.75, 3.05) is 13.7 Å². The number of hydroxylamine groups is 1. The van der Waals surface area contributed by atoms with E-state index in [-0.39, 0.29) is 23.9 Å². The van der Waals surface area contributed by atoms with Crippen LogP contribution in [0.3, 0.4) is 0 Å². The van der Waals surface area contributed by atoms with Crippen molar-refractivity contribution >= 4 is 17.5 Å². The number of hydrogen-bond donors (Lipinski definition) is 1. The van der Waals surface area contributed by atoms with Crippen molar-refractivity contribution in [3.63, 3.8) is 0 Å². The quantitative estimate of drug-likeness (QED) is 0.334. The average Bonchev–Trinajstić information content (AvgIpc) is 2.97. The lowest BCUT2D eigenvalue weighted by molar-refractivity contribution is -0.165. The van der Waals surface area contributed by atoms with Crippen LogP contribution in [-0.2, 0) is 24.0 Å². The van der Waals surface area contributed by atoms with Gasteiger partial charge in [-0.3, -0.25) is 24.7 Å². The van der Waals surface area contributed by atoms with Gasteiger partial charge in [-0.2, -0.15) is 0 Å². The second kappa shape index (κ2) is 7.73. The molecule has 0 aliphatic heterocycles. The third kappa shape index (κ3) is 3.47. The van der Waals surface area contributed by atoms with Gasteiger partial charge in [0.2, 0.25) is 0 Å². The van der Waals surface area contributed by atoms with Crippen LogP contribution in [0.15, 0.2) is 12.3 Å². The van der Waals surface area contributed by atoms with E-state index >= 15 is 0 Å². The monoisotopic (exact) mass is 323 g/mol. The molecule has 2 fully saturated rings. The van der Waals surface area contributed by atoms with Crippen LogP contribution in [0.4, 0.5) is 0 Å². The highest BCUT2D eigenvalue weighted by Crippen LogP contribution is 2.52. The van der Waals surface area contributed by atoms with E-state index in [9.17, 15) is 14.4 Å². The number of Topliss-reactive ketones (excluding diaryl/α,β-unsaturated/α-hetero) is 2. The highest BCUT2D eigenvalue weighted by molar-refractivity contribution is 6.10. The zero-order valence-corrected chi connectivity index (χ0v) is 13.8. The Hall–Kier alpha value is -1.69. The molecule has 128 valence electrons. The Labute approximate surface area is 136 Å². The first kappa shape index (κ1) is 17.7. The molecule has 0 amide bonds. The number of carbonyl (C=O) groups excluding carboxylic acids is 3. The lowest BCUT2D eigenvalue weighted by atomic mass is 9.63. The first-order chi connectivity index (χ1) is 11.1. The van der Waals surface area contributed by atoms with Crippen molar-refractivity contribution in [1.29, 1.82) is 0 Å². The molecule has 2 aliphatic carbocycles. The minimum Gasteiger partial charge on any atom is -0.469 e. The second-order valence-electron chi connectivity index (χ2n) is 6.22. The number of hydrogen-bond acceptors (Lipinski definition) is 6. The summed E-state index contributed by atoms with van der Waals surface area (Å²) in [6.07, 6.45) is 6.79. The smallest absolute Gasteiger partial charge is 0.312 e. The van der Waals surface area contributed by atoms with Crippen molar-refractivity contribution < 1.29 is 24.0 Å². The van der Waals surface area contributed by atoms with Crippen molar-refractivity contribution in [1.82, 2.24) is 5.48 Å². The van der Waals surface area contributed by atoms with Crippen LogP contribution >= 0.6 is 0 Å². The van der Waals surface area contributed by atoms with Gasteiger partial charge in [0, 0.05) is 18.5 Å². The number of ether oxygens (including phenoxy) is 1. The summed E-state index contributed by atoms with van der Waals surface area (Å²) >= 11 is 0. The first-order valence-electron chi connectivity index (χ1n) is 8.24. The summed E-state index contributed by atoms with van der Waals surface area (Å²) in [5.41, 5.74) is 1.75. The molecule has 6 nitrogen and oxygen atoms in total. The van der Waals surface area contributed by atoms with Crippen molar-refractivity contribution in [2.24, 2.45) is 17.3 Å². The molecule has 0 heterocycles. The van der Waals surface area contributed by atoms with E-state index in [0.29, 0.717) is 32.3 Å². The molecule has 6 heteroatoms. The van der Waals surface area contributed by atoms with Crippen LogP contribution in [0.5, 0.6) is 0 Å². The van der Waals surface area contributed by atoms with Gasteiger partial charge >= 0.3 is 5.97 Å². The maximum absolute atomic E-state index is 12.7. The molecular weight excluding hydrogens is 298 g/mol. The Morgan fingerprint density at radius 3 is 2.91 bits per heavy atom. The molecule has 2 saturated carbocycles. The van der Waals surface area contributed by atoms with Crippen LogP contribution in [0.25, 0.3) is 0 Å². The molecule has 0 aromatic heterocycles. The molecule has 0 bridgehead atoms. The Balaban J connectivity index is 2.00. The summed E-state index contributed by atoms with van der Waals surface area (Å²) in [6, 6.07) is 0. The Bertz CT molecular complexity index is 501. The molecular formula is C17H25NO5. The summed E-state index contributed by atoms with van der Waals surface area (Å²) in [6.45, 7) is 2.43. The van der Waals surface area contributed by atoms with Crippen LogP contribution < -0.4 is 5.48 Å².